The topological polar surface area (TPSA) is 43.2 Å². The molecule has 1 saturated heterocycles. The van der Waals surface area contributed by atoms with Gasteiger partial charge in [0.1, 0.15) is 11.6 Å². The van der Waals surface area contributed by atoms with Gasteiger partial charge in [-0.1, -0.05) is 25.1 Å². The van der Waals surface area contributed by atoms with Gasteiger partial charge in [-0.3, -0.25) is 0 Å². The van der Waals surface area contributed by atoms with Crippen molar-refractivity contribution in [2.75, 3.05) is 18.6 Å². The second-order valence-corrected chi connectivity index (χ2v) is 5.42. The fourth-order valence-corrected chi connectivity index (χ4v) is 3.18. The third kappa shape index (κ3) is 2.37. The molecule has 1 aliphatic rings. The average Bonchev–Trinajstić information content (AvgIpc) is 3.13. The molecule has 0 saturated carbocycles. The number of methoxy groups -OCH3 is 1. The van der Waals surface area contributed by atoms with Crippen molar-refractivity contribution in [1.82, 2.24) is 14.8 Å². The molecule has 1 aliphatic heterocycles. The van der Waals surface area contributed by atoms with E-state index in [4.69, 9.17) is 4.74 Å². The Morgan fingerprint density at radius 3 is 2.81 bits per heavy atom. The summed E-state index contributed by atoms with van der Waals surface area (Å²) in [7, 11) is 3.78. The second kappa shape index (κ2) is 5.76. The Labute approximate surface area is 125 Å². The molecular weight excluding hydrogens is 264 g/mol. The van der Waals surface area contributed by atoms with E-state index in [0.29, 0.717) is 6.04 Å². The maximum Gasteiger partial charge on any atom is 0.227 e. The van der Waals surface area contributed by atoms with E-state index in [1.807, 2.05) is 19.2 Å². The van der Waals surface area contributed by atoms with Crippen molar-refractivity contribution < 1.29 is 4.74 Å². The van der Waals surface area contributed by atoms with Gasteiger partial charge in [0.15, 0.2) is 0 Å². The van der Waals surface area contributed by atoms with Crippen LogP contribution in [0, 0.1) is 0 Å². The van der Waals surface area contributed by atoms with Crippen molar-refractivity contribution in [1.29, 1.82) is 0 Å². The van der Waals surface area contributed by atoms with Gasteiger partial charge in [0, 0.05) is 25.6 Å². The summed E-state index contributed by atoms with van der Waals surface area (Å²) in [6.45, 7) is 3.12. The van der Waals surface area contributed by atoms with Gasteiger partial charge >= 0.3 is 0 Å². The number of hydrogen-bond donors (Lipinski definition) is 0. The van der Waals surface area contributed by atoms with Crippen molar-refractivity contribution in [3.63, 3.8) is 0 Å². The van der Waals surface area contributed by atoms with Crippen molar-refractivity contribution in [2.45, 2.75) is 32.2 Å². The van der Waals surface area contributed by atoms with Crippen molar-refractivity contribution in [3.8, 4) is 5.75 Å². The molecule has 112 valence electrons. The highest BCUT2D eigenvalue weighted by Crippen LogP contribution is 2.39. The van der Waals surface area contributed by atoms with Gasteiger partial charge in [-0.25, -0.2) is 0 Å². The van der Waals surface area contributed by atoms with Gasteiger partial charge in [-0.15, -0.1) is 10.2 Å². The number of para-hydroxylation sites is 1. The molecule has 1 fully saturated rings. The lowest BCUT2D eigenvalue weighted by atomic mass is 10.0. The van der Waals surface area contributed by atoms with Crippen molar-refractivity contribution in [3.05, 3.63) is 35.7 Å². The van der Waals surface area contributed by atoms with Crippen LogP contribution in [0.2, 0.25) is 0 Å². The van der Waals surface area contributed by atoms with E-state index in [-0.39, 0.29) is 0 Å². The molecule has 5 nitrogen and oxygen atoms in total. The number of aromatic nitrogens is 3. The summed E-state index contributed by atoms with van der Waals surface area (Å²) >= 11 is 0. The molecule has 5 heteroatoms. The lowest BCUT2D eigenvalue weighted by Crippen LogP contribution is -2.26. The molecule has 1 aromatic carbocycles. The fraction of sp³-hybridized carbons (Fsp3) is 0.500. The monoisotopic (exact) mass is 286 g/mol. The SMILES string of the molecule is CCc1nnc(N2CCCC2c2ccccc2OC)n1C. The Morgan fingerprint density at radius 2 is 2.10 bits per heavy atom. The van der Waals surface area contributed by atoms with Gasteiger partial charge in [-0.05, 0) is 18.9 Å². The number of rotatable bonds is 4. The summed E-state index contributed by atoms with van der Waals surface area (Å²) < 4.78 is 7.63. The summed E-state index contributed by atoms with van der Waals surface area (Å²) in [5.74, 6) is 2.93. The number of aryl methyl sites for hydroxylation is 1. The number of nitrogens with zero attached hydrogens (tertiary/aromatic N) is 4. The van der Waals surface area contributed by atoms with Gasteiger partial charge in [0.2, 0.25) is 5.95 Å². The van der Waals surface area contributed by atoms with Crippen LogP contribution >= 0.6 is 0 Å². The standard InChI is InChI=1S/C16H22N4O/c1-4-15-17-18-16(19(15)2)20-11-7-9-13(20)12-8-5-6-10-14(12)21-3/h5-6,8,10,13H,4,7,9,11H2,1-3H3. The maximum absolute atomic E-state index is 5.53. The van der Waals surface area contributed by atoms with Crippen molar-refractivity contribution in [2.24, 2.45) is 7.05 Å². The predicted octanol–water partition coefficient (Wildman–Crippen LogP) is 2.73. The zero-order valence-electron chi connectivity index (χ0n) is 12.9. The molecule has 0 N–H and O–H groups in total. The van der Waals surface area contributed by atoms with E-state index >= 15 is 0 Å². The van der Waals surface area contributed by atoms with Crippen LogP contribution in [0.5, 0.6) is 5.75 Å². The first-order chi connectivity index (χ1) is 10.3. The summed E-state index contributed by atoms with van der Waals surface area (Å²) in [5, 5.41) is 8.69. The van der Waals surface area contributed by atoms with Crippen LogP contribution in [0.1, 0.15) is 37.2 Å². The van der Waals surface area contributed by atoms with E-state index in [1.54, 1.807) is 7.11 Å². The average molecular weight is 286 g/mol. The zero-order chi connectivity index (χ0) is 14.8. The normalized spacial score (nSPS) is 18.2. The Hall–Kier alpha value is -2.04. The Bertz CT molecular complexity index is 622. The lowest BCUT2D eigenvalue weighted by molar-refractivity contribution is 0.405. The summed E-state index contributed by atoms with van der Waals surface area (Å²) in [6.07, 6.45) is 3.18. The maximum atomic E-state index is 5.53. The van der Waals surface area contributed by atoms with Crippen LogP contribution in [0.3, 0.4) is 0 Å². The van der Waals surface area contributed by atoms with Crippen LogP contribution in [0.4, 0.5) is 5.95 Å². The minimum atomic E-state index is 0.314. The van der Waals surface area contributed by atoms with E-state index in [0.717, 1.165) is 43.3 Å². The predicted molar refractivity (Wildman–Crippen MR) is 82.7 cm³/mol. The van der Waals surface area contributed by atoms with Crippen LogP contribution in [0.25, 0.3) is 0 Å². The first-order valence-electron chi connectivity index (χ1n) is 7.54. The first kappa shape index (κ1) is 13.9. The molecule has 0 radical (unpaired) electrons. The third-order valence-corrected chi connectivity index (χ3v) is 4.27. The molecule has 0 spiro atoms. The molecule has 21 heavy (non-hydrogen) atoms. The molecule has 2 aromatic rings. The Morgan fingerprint density at radius 1 is 1.29 bits per heavy atom. The molecular formula is C16H22N4O. The minimum absolute atomic E-state index is 0.314. The number of hydrogen-bond acceptors (Lipinski definition) is 4. The number of anilines is 1. The molecule has 1 atom stereocenters. The Balaban J connectivity index is 1.97. The number of ether oxygens (including phenoxy) is 1. The molecule has 0 aliphatic carbocycles. The first-order valence-corrected chi connectivity index (χ1v) is 7.54. The Kier molecular flexibility index (Phi) is 3.82. The van der Waals surface area contributed by atoms with Crippen molar-refractivity contribution >= 4 is 5.95 Å². The van der Waals surface area contributed by atoms with Crippen LogP contribution in [0.15, 0.2) is 24.3 Å². The molecule has 0 bridgehead atoms. The van der Waals surface area contributed by atoms with Gasteiger partial charge in [-0.2, -0.15) is 0 Å². The van der Waals surface area contributed by atoms with E-state index in [9.17, 15) is 0 Å². The molecule has 3 rings (SSSR count). The largest absolute Gasteiger partial charge is 0.496 e. The molecule has 1 unspecified atom stereocenters. The highest BCUT2D eigenvalue weighted by atomic mass is 16.5. The molecule has 2 heterocycles. The third-order valence-electron chi connectivity index (χ3n) is 4.27. The second-order valence-electron chi connectivity index (χ2n) is 5.42. The lowest BCUT2D eigenvalue weighted by Gasteiger charge is -2.26. The van der Waals surface area contributed by atoms with Gasteiger partial charge < -0.3 is 14.2 Å². The summed E-state index contributed by atoms with van der Waals surface area (Å²) in [6, 6.07) is 8.58. The molecule has 0 amide bonds. The van der Waals surface area contributed by atoms with E-state index in [2.05, 4.69) is 38.7 Å². The minimum Gasteiger partial charge on any atom is -0.496 e. The smallest absolute Gasteiger partial charge is 0.227 e. The number of benzene rings is 1. The quantitative estimate of drug-likeness (QED) is 0.867. The van der Waals surface area contributed by atoms with Crippen LogP contribution in [-0.4, -0.2) is 28.4 Å². The highest BCUT2D eigenvalue weighted by Gasteiger charge is 2.31. The fourth-order valence-electron chi connectivity index (χ4n) is 3.18. The zero-order valence-corrected chi connectivity index (χ0v) is 12.9. The van der Waals surface area contributed by atoms with Gasteiger partial charge in [0.05, 0.1) is 13.2 Å². The summed E-state index contributed by atoms with van der Waals surface area (Å²) in [4.78, 5) is 2.35. The van der Waals surface area contributed by atoms with Crippen LogP contribution in [-0.2, 0) is 13.5 Å². The molecule has 1 aromatic heterocycles. The van der Waals surface area contributed by atoms with Crippen LogP contribution < -0.4 is 9.64 Å². The summed E-state index contributed by atoms with van der Waals surface area (Å²) in [5.41, 5.74) is 1.23. The van der Waals surface area contributed by atoms with Gasteiger partial charge in [0.25, 0.3) is 0 Å². The van der Waals surface area contributed by atoms with E-state index in [1.165, 1.54) is 5.56 Å². The van der Waals surface area contributed by atoms with E-state index < -0.39 is 0 Å². The highest BCUT2D eigenvalue weighted by molar-refractivity contribution is 5.44.